The van der Waals surface area contributed by atoms with Crippen molar-refractivity contribution in [3.63, 3.8) is 0 Å². The molecule has 0 atom stereocenters. The van der Waals surface area contributed by atoms with Crippen molar-refractivity contribution in [3.8, 4) is 5.13 Å². The normalized spacial score (nSPS) is 11.2. The van der Waals surface area contributed by atoms with Crippen molar-refractivity contribution in [1.29, 1.82) is 0 Å². The lowest BCUT2D eigenvalue weighted by Crippen LogP contribution is -2.00. The van der Waals surface area contributed by atoms with Crippen LogP contribution in [0.3, 0.4) is 0 Å². The molecule has 17 heavy (non-hydrogen) atoms. The number of nitrogen functional groups attached to an aromatic ring is 1. The molecule has 0 saturated carbocycles. The molecule has 2 heterocycles. The number of fused-ring (bicyclic) bond motifs is 1. The summed E-state index contributed by atoms with van der Waals surface area (Å²) in [6.45, 7) is 1.90. The predicted molar refractivity (Wildman–Crippen MR) is 70.9 cm³/mol. The summed E-state index contributed by atoms with van der Waals surface area (Å²) in [6, 6.07) is 7.43. The molecule has 0 spiro atoms. The van der Waals surface area contributed by atoms with Crippen LogP contribution < -0.4 is 5.73 Å². The van der Waals surface area contributed by atoms with E-state index in [1.165, 1.54) is 11.3 Å². The van der Waals surface area contributed by atoms with Crippen LogP contribution in [0.1, 0.15) is 5.69 Å². The van der Waals surface area contributed by atoms with E-state index in [1.807, 2.05) is 31.2 Å². The standard InChI is InChI=1S/C11H9ClN4S/c1-6-4-10(13)16(15-6)11-14-8-3-2-7(12)5-9(8)17-11/h2-5H,13H2,1H3. The van der Waals surface area contributed by atoms with E-state index in [0.717, 1.165) is 21.0 Å². The number of aromatic nitrogens is 3. The van der Waals surface area contributed by atoms with Gasteiger partial charge in [-0.25, -0.2) is 4.98 Å². The summed E-state index contributed by atoms with van der Waals surface area (Å²) in [5, 5.41) is 5.77. The lowest BCUT2D eigenvalue weighted by atomic mass is 10.3. The first-order valence-corrected chi connectivity index (χ1v) is 6.21. The maximum atomic E-state index is 5.94. The quantitative estimate of drug-likeness (QED) is 0.735. The molecule has 0 radical (unpaired) electrons. The van der Waals surface area contributed by atoms with Gasteiger partial charge in [0.15, 0.2) is 0 Å². The summed E-state index contributed by atoms with van der Waals surface area (Å²) in [6.07, 6.45) is 0. The number of anilines is 1. The van der Waals surface area contributed by atoms with E-state index < -0.39 is 0 Å². The molecule has 3 aromatic rings. The third-order valence-electron chi connectivity index (χ3n) is 2.38. The molecule has 0 aliphatic rings. The van der Waals surface area contributed by atoms with Crippen molar-refractivity contribution in [2.24, 2.45) is 0 Å². The summed E-state index contributed by atoms with van der Waals surface area (Å²) in [7, 11) is 0. The highest BCUT2D eigenvalue weighted by Gasteiger charge is 2.10. The average Bonchev–Trinajstić information content (AvgIpc) is 2.80. The smallest absolute Gasteiger partial charge is 0.213 e. The highest BCUT2D eigenvalue weighted by atomic mass is 35.5. The van der Waals surface area contributed by atoms with Crippen molar-refractivity contribution in [2.45, 2.75) is 6.92 Å². The van der Waals surface area contributed by atoms with Crippen LogP contribution in [-0.4, -0.2) is 14.8 Å². The highest BCUT2D eigenvalue weighted by Crippen LogP contribution is 2.28. The van der Waals surface area contributed by atoms with Gasteiger partial charge in [-0.2, -0.15) is 9.78 Å². The Labute approximate surface area is 107 Å². The minimum Gasteiger partial charge on any atom is -0.383 e. The van der Waals surface area contributed by atoms with Crippen LogP contribution in [0, 0.1) is 6.92 Å². The average molecular weight is 265 g/mol. The Morgan fingerprint density at radius 1 is 1.35 bits per heavy atom. The van der Waals surface area contributed by atoms with Crippen molar-refractivity contribution >= 4 is 39.0 Å². The van der Waals surface area contributed by atoms with E-state index >= 15 is 0 Å². The first-order valence-electron chi connectivity index (χ1n) is 5.02. The van der Waals surface area contributed by atoms with Gasteiger partial charge in [0.1, 0.15) is 5.82 Å². The van der Waals surface area contributed by atoms with Gasteiger partial charge in [-0.05, 0) is 25.1 Å². The fourth-order valence-corrected chi connectivity index (χ4v) is 2.86. The van der Waals surface area contributed by atoms with Crippen molar-refractivity contribution in [1.82, 2.24) is 14.8 Å². The fraction of sp³-hybridized carbons (Fsp3) is 0.0909. The summed E-state index contributed by atoms with van der Waals surface area (Å²) in [4.78, 5) is 4.48. The Morgan fingerprint density at radius 3 is 2.88 bits per heavy atom. The van der Waals surface area contributed by atoms with Gasteiger partial charge >= 0.3 is 0 Å². The highest BCUT2D eigenvalue weighted by molar-refractivity contribution is 7.20. The number of rotatable bonds is 1. The van der Waals surface area contributed by atoms with Gasteiger partial charge in [0.25, 0.3) is 0 Å². The van der Waals surface area contributed by atoms with Gasteiger partial charge in [0, 0.05) is 11.1 Å². The number of thiazole rings is 1. The maximum absolute atomic E-state index is 5.94. The lowest BCUT2D eigenvalue weighted by molar-refractivity contribution is 0.865. The molecule has 2 aromatic heterocycles. The Kier molecular flexibility index (Phi) is 2.31. The summed E-state index contributed by atoms with van der Waals surface area (Å²) >= 11 is 7.46. The molecule has 2 N–H and O–H groups in total. The van der Waals surface area contributed by atoms with Crippen LogP contribution in [0.4, 0.5) is 5.82 Å². The number of nitrogens with two attached hydrogens (primary N) is 1. The number of aryl methyl sites for hydroxylation is 1. The van der Waals surface area contributed by atoms with Crippen LogP contribution in [0.5, 0.6) is 0 Å². The third-order valence-corrected chi connectivity index (χ3v) is 3.61. The number of hydrogen-bond acceptors (Lipinski definition) is 4. The Morgan fingerprint density at radius 2 is 2.18 bits per heavy atom. The molecule has 6 heteroatoms. The van der Waals surface area contributed by atoms with Gasteiger partial charge in [0.2, 0.25) is 5.13 Å². The minimum absolute atomic E-state index is 0.590. The van der Waals surface area contributed by atoms with Gasteiger partial charge in [-0.3, -0.25) is 0 Å². The maximum Gasteiger partial charge on any atom is 0.213 e. The van der Waals surface area contributed by atoms with E-state index in [4.69, 9.17) is 17.3 Å². The van der Waals surface area contributed by atoms with E-state index in [9.17, 15) is 0 Å². The Bertz CT molecular complexity index is 701. The summed E-state index contributed by atoms with van der Waals surface area (Å²) in [5.41, 5.74) is 7.65. The monoisotopic (exact) mass is 264 g/mol. The molecule has 0 aliphatic heterocycles. The first kappa shape index (κ1) is 10.6. The molecule has 1 aromatic carbocycles. The zero-order valence-corrected chi connectivity index (χ0v) is 10.6. The molecule has 0 amide bonds. The second-order valence-electron chi connectivity index (χ2n) is 3.73. The Balaban J connectivity index is 2.21. The van der Waals surface area contributed by atoms with Crippen LogP contribution in [0.15, 0.2) is 24.3 Å². The lowest BCUT2D eigenvalue weighted by Gasteiger charge is -1.96. The second kappa shape index (κ2) is 3.72. The third kappa shape index (κ3) is 1.77. The largest absolute Gasteiger partial charge is 0.383 e. The van der Waals surface area contributed by atoms with Gasteiger partial charge in [0.05, 0.1) is 15.9 Å². The zero-order valence-electron chi connectivity index (χ0n) is 9.01. The number of benzene rings is 1. The molecular formula is C11H9ClN4S. The van der Waals surface area contributed by atoms with Crippen molar-refractivity contribution < 1.29 is 0 Å². The van der Waals surface area contributed by atoms with Crippen molar-refractivity contribution in [3.05, 3.63) is 35.0 Å². The molecule has 0 saturated heterocycles. The number of hydrogen-bond donors (Lipinski definition) is 1. The van der Waals surface area contributed by atoms with Crippen LogP contribution in [-0.2, 0) is 0 Å². The molecule has 0 bridgehead atoms. The van der Waals surface area contributed by atoms with E-state index in [-0.39, 0.29) is 0 Å². The molecule has 4 nitrogen and oxygen atoms in total. The van der Waals surface area contributed by atoms with E-state index in [0.29, 0.717) is 10.8 Å². The van der Waals surface area contributed by atoms with E-state index in [1.54, 1.807) is 4.68 Å². The Hall–Kier alpha value is -1.59. The zero-order chi connectivity index (χ0) is 12.0. The fourth-order valence-electron chi connectivity index (χ4n) is 1.65. The van der Waals surface area contributed by atoms with E-state index in [2.05, 4.69) is 10.1 Å². The van der Waals surface area contributed by atoms with Gasteiger partial charge < -0.3 is 5.73 Å². The minimum atomic E-state index is 0.590. The predicted octanol–water partition coefficient (Wildman–Crippen LogP) is 3.03. The van der Waals surface area contributed by atoms with Crippen LogP contribution in [0.25, 0.3) is 15.3 Å². The van der Waals surface area contributed by atoms with Crippen molar-refractivity contribution in [2.75, 3.05) is 5.73 Å². The van der Waals surface area contributed by atoms with Gasteiger partial charge in [-0.1, -0.05) is 22.9 Å². The van der Waals surface area contributed by atoms with Gasteiger partial charge in [-0.15, -0.1) is 0 Å². The second-order valence-corrected chi connectivity index (χ2v) is 5.18. The summed E-state index contributed by atoms with van der Waals surface area (Å²) < 4.78 is 2.67. The molecule has 0 aliphatic carbocycles. The summed E-state index contributed by atoms with van der Waals surface area (Å²) in [5.74, 6) is 0.590. The topological polar surface area (TPSA) is 56.7 Å². The number of halogens is 1. The van der Waals surface area contributed by atoms with Crippen LogP contribution in [0.2, 0.25) is 5.02 Å². The first-order chi connectivity index (χ1) is 8.13. The molecule has 86 valence electrons. The number of nitrogens with zero attached hydrogens (tertiary/aromatic N) is 3. The molecule has 0 unspecified atom stereocenters. The SMILES string of the molecule is Cc1cc(N)n(-c2nc3ccc(Cl)cc3s2)n1. The van der Waals surface area contributed by atoms with Crippen LogP contribution >= 0.6 is 22.9 Å². The molecule has 3 rings (SSSR count). The molecular weight excluding hydrogens is 256 g/mol. The molecule has 0 fully saturated rings.